The van der Waals surface area contributed by atoms with Crippen LogP contribution in [0.5, 0.6) is 0 Å². The fourth-order valence-electron chi connectivity index (χ4n) is 4.08. The van der Waals surface area contributed by atoms with Crippen LogP contribution in [0.25, 0.3) is 0 Å². The number of pyridine rings is 1. The zero-order chi connectivity index (χ0) is 23.8. The summed E-state index contributed by atoms with van der Waals surface area (Å²) in [6.07, 6.45) is 3.18. The molecule has 0 unspecified atom stereocenters. The summed E-state index contributed by atoms with van der Waals surface area (Å²) in [5.41, 5.74) is 2.81. The van der Waals surface area contributed by atoms with Gasteiger partial charge in [-0.1, -0.05) is 0 Å². The highest BCUT2D eigenvalue weighted by Crippen LogP contribution is 2.31. The fraction of sp³-hybridized carbons (Fsp3) is 0.571. The van der Waals surface area contributed by atoms with Crippen LogP contribution in [0.4, 0.5) is 5.69 Å². The minimum atomic E-state index is -4.07. The molecule has 0 radical (unpaired) electrons. The largest absolute Gasteiger partial charge is 0.393 e. The third-order valence-electron chi connectivity index (χ3n) is 5.80. The van der Waals surface area contributed by atoms with E-state index in [1.54, 1.807) is 12.3 Å². The Morgan fingerprint density at radius 2 is 2.03 bits per heavy atom. The molecule has 32 heavy (non-hydrogen) atoms. The van der Waals surface area contributed by atoms with Gasteiger partial charge in [-0.3, -0.25) is 18.6 Å². The number of carbonyl (C=O) groups is 1. The highest BCUT2D eigenvalue weighted by Gasteiger charge is 2.35. The lowest BCUT2D eigenvalue weighted by Gasteiger charge is -2.21. The van der Waals surface area contributed by atoms with Crippen LogP contribution in [-0.4, -0.2) is 52.8 Å². The summed E-state index contributed by atoms with van der Waals surface area (Å²) < 4.78 is 28.6. The molecule has 176 valence electrons. The minimum Gasteiger partial charge on any atom is -0.393 e. The van der Waals surface area contributed by atoms with E-state index < -0.39 is 16.4 Å². The second-order valence-corrected chi connectivity index (χ2v) is 10.5. The van der Waals surface area contributed by atoms with Crippen molar-refractivity contribution in [1.29, 1.82) is 0 Å². The van der Waals surface area contributed by atoms with E-state index in [9.17, 15) is 18.3 Å². The lowest BCUT2D eigenvalue weighted by Crippen LogP contribution is -2.25. The van der Waals surface area contributed by atoms with Crippen molar-refractivity contribution < 1.29 is 22.5 Å². The highest BCUT2D eigenvalue weighted by atomic mass is 32.2. The van der Waals surface area contributed by atoms with Gasteiger partial charge in [-0.05, 0) is 53.5 Å². The average Bonchev–Trinajstić information content (AvgIpc) is 3.18. The number of aliphatic hydroxyl groups excluding tert-OH is 1. The van der Waals surface area contributed by atoms with Crippen LogP contribution in [0.3, 0.4) is 0 Å². The molecule has 0 aliphatic heterocycles. The SMILES string of the molecule is Cc1c(C(=O)c2cnccc2N[C@@H]2C[C@H](COS(N)(=O)=O)[C@@H](O)C2)nn(C(C)(C)C)c1C. The van der Waals surface area contributed by atoms with Crippen LogP contribution in [0.1, 0.15) is 60.9 Å². The molecule has 1 saturated carbocycles. The Kier molecular flexibility index (Phi) is 6.75. The minimum absolute atomic E-state index is 0.178. The van der Waals surface area contributed by atoms with Crippen LogP contribution < -0.4 is 10.5 Å². The Hall–Kier alpha value is -2.34. The summed E-state index contributed by atoms with van der Waals surface area (Å²) in [5.74, 6) is -0.629. The van der Waals surface area contributed by atoms with Gasteiger partial charge in [0, 0.05) is 41.3 Å². The van der Waals surface area contributed by atoms with Crippen molar-refractivity contribution in [3.05, 3.63) is 41.0 Å². The first-order valence-electron chi connectivity index (χ1n) is 10.4. The van der Waals surface area contributed by atoms with Crippen molar-refractivity contribution in [2.75, 3.05) is 11.9 Å². The third kappa shape index (κ3) is 5.34. The van der Waals surface area contributed by atoms with Gasteiger partial charge in [0.2, 0.25) is 5.78 Å². The van der Waals surface area contributed by atoms with Crippen LogP contribution in [0.15, 0.2) is 18.5 Å². The summed E-state index contributed by atoms with van der Waals surface area (Å²) in [6.45, 7) is 9.71. The van der Waals surface area contributed by atoms with E-state index in [0.717, 1.165) is 11.3 Å². The van der Waals surface area contributed by atoms with Crippen LogP contribution in [0, 0.1) is 19.8 Å². The lowest BCUT2D eigenvalue weighted by molar-refractivity contribution is 0.101. The molecule has 10 nitrogen and oxygen atoms in total. The summed E-state index contributed by atoms with van der Waals surface area (Å²) in [7, 11) is -4.07. The first-order valence-corrected chi connectivity index (χ1v) is 11.9. The van der Waals surface area contributed by atoms with Gasteiger partial charge in [0.15, 0.2) is 0 Å². The Balaban J connectivity index is 1.81. The Bertz CT molecular complexity index is 1110. The number of aliphatic hydroxyl groups is 1. The van der Waals surface area contributed by atoms with Crippen molar-refractivity contribution in [2.45, 2.75) is 65.1 Å². The van der Waals surface area contributed by atoms with Gasteiger partial charge in [-0.15, -0.1) is 0 Å². The molecule has 2 aromatic heterocycles. The molecular formula is C21H31N5O5S. The molecule has 11 heteroatoms. The van der Waals surface area contributed by atoms with E-state index >= 15 is 0 Å². The first kappa shape index (κ1) is 24.3. The monoisotopic (exact) mass is 465 g/mol. The van der Waals surface area contributed by atoms with E-state index in [4.69, 9.17) is 5.14 Å². The summed E-state index contributed by atoms with van der Waals surface area (Å²) in [4.78, 5) is 17.5. The molecule has 2 aromatic rings. The number of nitrogens with two attached hydrogens (primary N) is 1. The maximum Gasteiger partial charge on any atom is 0.333 e. The van der Waals surface area contributed by atoms with Crippen LogP contribution in [-0.2, 0) is 20.0 Å². The van der Waals surface area contributed by atoms with Gasteiger partial charge in [0.25, 0.3) is 0 Å². The van der Waals surface area contributed by atoms with Crippen LogP contribution >= 0.6 is 0 Å². The lowest BCUT2D eigenvalue weighted by atomic mass is 10.0. The van der Waals surface area contributed by atoms with Gasteiger partial charge >= 0.3 is 10.3 Å². The predicted molar refractivity (Wildman–Crippen MR) is 120 cm³/mol. The van der Waals surface area contributed by atoms with Crippen molar-refractivity contribution in [1.82, 2.24) is 14.8 Å². The van der Waals surface area contributed by atoms with E-state index in [1.807, 2.05) is 39.3 Å². The quantitative estimate of drug-likeness (QED) is 0.523. The van der Waals surface area contributed by atoms with E-state index in [2.05, 4.69) is 19.6 Å². The Labute approximate surface area is 188 Å². The summed E-state index contributed by atoms with van der Waals surface area (Å²) >= 11 is 0. The van der Waals surface area contributed by atoms with E-state index in [-0.39, 0.29) is 29.9 Å². The van der Waals surface area contributed by atoms with Gasteiger partial charge < -0.3 is 10.4 Å². The average molecular weight is 466 g/mol. The maximum absolute atomic E-state index is 13.4. The second-order valence-electron chi connectivity index (χ2n) is 9.31. The molecule has 3 rings (SSSR count). The maximum atomic E-state index is 13.4. The smallest absolute Gasteiger partial charge is 0.333 e. The molecule has 2 heterocycles. The summed E-state index contributed by atoms with van der Waals surface area (Å²) in [6, 6.07) is 1.53. The fourth-order valence-corrected chi connectivity index (χ4v) is 4.44. The third-order valence-corrected chi connectivity index (χ3v) is 6.26. The molecule has 3 atom stereocenters. The van der Waals surface area contributed by atoms with E-state index in [0.29, 0.717) is 29.8 Å². The molecule has 4 N–H and O–H groups in total. The molecule has 1 fully saturated rings. The molecule has 0 aromatic carbocycles. The molecule has 0 bridgehead atoms. The predicted octanol–water partition coefficient (Wildman–Crippen LogP) is 1.65. The van der Waals surface area contributed by atoms with Gasteiger partial charge in [0.1, 0.15) is 5.69 Å². The topological polar surface area (TPSA) is 149 Å². The number of hydrogen-bond donors (Lipinski definition) is 3. The Morgan fingerprint density at radius 1 is 1.34 bits per heavy atom. The van der Waals surface area contributed by atoms with Crippen molar-refractivity contribution in [3.63, 3.8) is 0 Å². The van der Waals surface area contributed by atoms with Crippen molar-refractivity contribution in [2.24, 2.45) is 11.1 Å². The normalized spacial score (nSPS) is 21.7. The summed E-state index contributed by atoms with van der Waals surface area (Å²) in [5, 5.41) is 23.1. The zero-order valence-corrected chi connectivity index (χ0v) is 19.8. The molecular weight excluding hydrogens is 434 g/mol. The van der Waals surface area contributed by atoms with Gasteiger partial charge in [0.05, 0.1) is 23.8 Å². The number of rotatable bonds is 7. The number of aromatic nitrogens is 3. The van der Waals surface area contributed by atoms with Crippen molar-refractivity contribution >= 4 is 21.8 Å². The van der Waals surface area contributed by atoms with Crippen molar-refractivity contribution in [3.8, 4) is 0 Å². The Morgan fingerprint density at radius 3 is 2.62 bits per heavy atom. The molecule has 0 amide bonds. The number of nitrogens with one attached hydrogen (secondary N) is 1. The highest BCUT2D eigenvalue weighted by molar-refractivity contribution is 7.84. The molecule has 0 saturated heterocycles. The number of anilines is 1. The number of carbonyl (C=O) groups excluding carboxylic acids is 1. The zero-order valence-electron chi connectivity index (χ0n) is 19.0. The van der Waals surface area contributed by atoms with E-state index in [1.165, 1.54) is 6.20 Å². The molecule has 0 spiro atoms. The van der Waals surface area contributed by atoms with Crippen LogP contribution in [0.2, 0.25) is 0 Å². The number of ketones is 1. The number of hydrogen-bond acceptors (Lipinski definition) is 8. The molecule has 1 aliphatic carbocycles. The van der Waals surface area contributed by atoms with Gasteiger partial charge in [-0.2, -0.15) is 13.5 Å². The first-order chi connectivity index (χ1) is 14.8. The molecule has 1 aliphatic rings. The van der Waals surface area contributed by atoms with Gasteiger partial charge in [-0.25, -0.2) is 5.14 Å². The number of nitrogens with zero attached hydrogens (tertiary/aromatic N) is 3. The second kappa shape index (κ2) is 8.89. The standard InChI is InChI=1S/C21H31N5O5S/c1-12-13(2)26(21(3,4)5)25-19(12)20(28)16-10-23-7-6-17(16)24-15-8-14(18(27)9-15)11-31-32(22,29)30/h6-7,10,14-15,18,27H,8-9,11H2,1-5H3,(H,23,24)(H2,22,29,30)/t14-,15-,18+/m1/s1.